The van der Waals surface area contributed by atoms with E-state index in [0.717, 1.165) is 0 Å². The van der Waals surface area contributed by atoms with Gasteiger partial charge in [-0.15, -0.1) is 0 Å². The van der Waals surface area contributed by atoms with Crippen molar-refractivity contribution in [1.82, 2.24) is 4.90 Å². The first-order chi connectivity index (χ1) is 9.40. The standard InChI is InChI=1S/C14H17ClN2O3/c1-8-6-10(14(19)20)4-5-17(8)13(18)9-2-3-11(15)12(16)7-9/h2-3,7-8,10H,4-6,16H2,1H3,(H,19,20). The molecule has 20 heavy (non-hydrogen) atoms. The summed E-state index contributed by atoms with van der Waals surface area (Å²) < 4.78 is 0. The van der Waals surface area contributed by atoms with E-state index in [-0.39, 0.29) is 17.9 Å². The number of halogens is 1. The number of carbonyl (C=O) groups is 2. The van der Waals surface area contributed by atoms with Crippen LogP contribution in [0.4, 0.5) is 5.69 Å². The number of amides is 1. The predicted octanol–water partition coefficient (Wildman–Crippen LogP) is 2.25. The van der Waals surface area contributed by atoms with Gasteiger partial charge >= 0.3 is 5.97 Å². The summed E-state index contributed by atoms with van der Waals surface area (Å²) in [6, 6.07) is 4.69. The van der Waals surface area contributed by atoms with E-state index in [1.807, 2.05) is 6.92 Å². The summed E-state index contributed by atoms with van der Waals surface area (Å²) in [6.07, 6.45) is 0.957. The maximum absolute atomic E-state index is 12.4. The number of anilines is 1. The molecule has 0 bridgehead atoms. The van der Waals surface area contributed by atoms with Crippen molar-refractivity contribution in [3.05, 3.63) is 28.8 Å². The average Bonchev–Trinajstić information content (AvgIpc) is 2.41. The Balaban J connectivity index is 2.13. The number of likely N-dealkylation sites (tertiary alicyclic amines) is 1. The second-order valence-electron chi connectivity index (χ2n) is 5.14. The van der Waals surface area contributed by atoms with Gasteiger partial charge in [-0.25, -0.2) is 0 Å². The number of rotatable bonds is 2. The first-order valence-corrected chi connectivity index (χ1v) is 6.86. The van der Waals surface area contributed by atoms with Gasteiger partial charge in [-0.05, 0) is 38.0 Å². The quantitative estimate of drug-likeness (QED) is 0.820. The summed E-state index contributed by atoms with van der Waals surface area (Å²) in [7, 11) is 0. The van der Waals surface area contributed by atoms with Gasteiger partial charge < -0.3 is 15.7 Å². The first kappa shape index (κ1) is 14.7. The van der Waals surface area contributed by atoms with E-state index in [9.17, 15) is 9.59 Å². The summed E-state index contributed by atoms with van der Waals surface area (Å²) in [6.45, 7) is 2.31. The lowest BCUT2D eigenvalue weighted by atomic mass is 9.91. The Morgan fingerprint density at radius 2 is 2.15 bits per heavy atom. The molecule has 5 nitrogen and oxygen atoms in total. The van der Waals surface area contributed by atoms with Crippen LogP contribution in [-0.2, 0) is 4.79 Å². The third kappa shape index (κ3) is 2.88. The maximum Gasteiger partial charge on any atom is 0.306 e. The minimum Gasteiger partial charge on any atom is -0.481 e. The number of hydrogen-bond donors (Lipinski definition) is 2. The highest BCUT2D eigenvalue weighted by molar-refractivity contribution is 6.33. The molecular formula is C14H17ClN2O3. The third-order valence-electron chi connectivity index (χ3n) is 3.73. The van der Waals surface area contributed by atoms with Gasteiger partial charge in [-0.2, -0.15) is 0 Å². The van der Waals surface area contributed by atoms with Gasteiger partial charge in [0.1, 0.15) is 0 Å². The van der Waals surface area contributed by atoms with E-state index in [1.165, 1.54) is 0 Å². The van der Waals surface area contributed by atoms with Crippen molar-refractivity contribution in [3.8, 4) is 0 Å². The molecule has 6 heteroatoms. The van der Waals surface area contributed by atoms with Crippen LogP contribution in [0.15, 0.2) is 18.2 Å². The monoisotopic (exact) mass is 296 g/mol. The van der Waals surface area contributed by atoms with E-state index >= 15 is 0 Å². The van der Waals surface area contributed by atoms with Gasteiger partial charge in [-0.1, -0.05) is 11.6 Å². The zero-order valence-electron chi connectivity index (χ0n) is 11.2. The van der Waals surface area contributed by atoms with Gasteiger partial charge in [0.2, 0.25) is 0 Å². The number of aliphatic carboxylic acids is 1. The molecule has 0 saturated carbocycles. The van der Waals surface area contributed by atoms with Crippen molar-refractivity contribution in [3.63, 3.8) is 0 Å². The van der Waals surface area contributed by atoms with Crippen LogP contribution in [-0.4, -0.2) is 34.5 Å². The highest BCUT2D eigenvalue weighted by Gasteiger charge is 2.32. The highest BCUT2D eigenvalue weighted by atomic mass is 35.5. The molecule has 1 heterocycles. The Labute approximate surface area is 122 Å². The van der Waals surface area contributed by atoms with Crippen molar-refractivity contribution in [2.75, 3.05) is 12.3 Å². The van der Waals surface area contributed by atoms with Gasteiger partial charge in [-0.3, -0.25) is 9.59 Å². The fraction of sp³-hybridized carbons (Fsp3) is 0.429. The van der Waals surface area contributed by atoms with E-state index in [0.29, 0.717) is 35.7 Å². The van der Waals surface area contributed by atoms with Gasteiger partial charge in [0.15, 0.2) is 0 Å². The van der Waals surface area contributed by atoms with Crippen LogP contribution in [0.1, 0.15) is 30.1 Å². The minimum atomic E-state index is -0.792. The van der Waals surface area contributed by atoms with Gasteiger partial charge in [0.25, 0.3) is 5.91 Å². The molecule has 3 N–H and O–H groups in total. The second kappa shape index (κ2) is 5.71. The molecule has 2 atom stereocenters. The normalized spacial score (nSPS) is 22.6. The zero-order valence-corrected chi connectivity index (χ0v) is 11.9. The molecule has 1 amide bonds. The van der Waals surface area contributed by atoms with E-state index in [4.69, 9.17) is 22.4 Å². The number of hydrogen-bond acceptors (Lipinski definition) is 3. The van der Waals surface area contributed by atoms with Gasteiger partial charge in [0, 0.05) is 18.2 Å². The largest absolute Gasteiger partial charge is 0.481 e. The fourth-order valence-electron chi connectivity index (χ4n) is 2.54. The Kier molecular flexibility index (Phi) is 4.18. The summed E-state index contributed by atoms with van der Waals surface area (Å²) >= 11 is 5.84. The molecule has 108 valence electrons. The van der Waals surface area contributed by atoms with Crippen LogP contribution < -0.4 is 5.73 Å². The molecular weight excluding hydrogens is 280 g/mol. The number of carboxylic acids is 1. The molecule has 1 aliphatic rings. The van der Waals surface area contributed by atoms with Crippen molar-refractivity contribution in [2.24, 2.45) is 5.92 Å². The smallest absolute Gasteiger partial charge is 0.306 e. The summed E-state index contributed by atoms with van der Waals surface area (Å²) in [5.74, 6) is -1.30. The molecule has 0 spiro atoms. The zero-order chi connectivity index (χ0) is 14.9. The molecule has 0 radical (unpaired) electrons. The Hall–Kier alpha value is -1.75. The summed E-state index contributed by atoms with van der Waals surface area (Å²) in [4.78, 5) is 25.1. The molecule has 1 fully saturated rings. The molecule has 1 aliphatic heterocycles. The van der Waals surface area contributed by atoms with Crippen molar-refractivity contribution < 1.29 is 14.7 Å². The Morgan fingerprint density at radius 3 is 2.70 bits per heavy atom. The van der Waals surface area contributed by atoms with Crippen LogP contribution in [0.25, 0.3) is 0 Å². The Bertz CT molecular complexity index is 547. The van der Waals surface area contributed by atoms with Crippen LogP contribution in [0.3, 0.4) is 0 Å². The summed E-state index contributed by atoms with van der Waals surface area (Å²) in [5.41, 5.74) is 6.55. The number of nitrogen functional groups attached to an aromatic ring is 1. The number of piperidine rings is 1. The number of benzene rings is 1. The first-order valence-electron chi connectivity index (χ1n) is 6.49. The molecule has 2 rings (SSSR count). The van der Waals surface area contributed by atoms with Crippen molar-refractivity contribution in [1.29, 1.82) is 0 Å². The lowest BCUT2D eigenvalue weighted by Gasteiger charge is -2.36. The Morgan fingerprint density at radius 1 is 1.45 bits per heavy atom. The van der Waals surface area contributed by atoms with Crippen molar-refractivity contribution >= 4 is 29.2 Å². The second-order valence-corrected chi connectivity index (χ2v) is 5.55. The highest BCUT2D eigenvalue weighted by Crippen LogP contribution is 2.26. The average molecular weight is 297 g/mol. The lowest BCUT2D eigenvalue weighted by Crippen LogP contribution is -2.46. The van der Waals surface area contributed by atoms with Crippen LogP contribution >= 0.6 is 11.6 Å². The van der Waals surface area contributed by atoms with E-state index in [2.05, 4.69) is 0 Å². The van der Waals surface area contributed by atoms with E-state index < -0.39 is 5.97 Å². The SMILES string of the molecule is CC1CC(C(=O)O)CCN1C(=O)c1ccc(Cl)c(N)c1. The van der Waals surface area contributed by atoms with E-state index in [1.54, 1.807) is 23.1 Å². The molecule has 1 aromatic rings. The van der Waals surface area contributed by atoms with Crippen LogP contribution in [0.5, 0.6) is 0 Å². The van der Waals surface area contributed by atoms with Crippen LogP contribution in [0.2, 0.25) is 5.02 Å². The predicted molar refractivity (Wildman–Crippen MR) is 76.7 cm³/mol. The number of carboxylic acid groups (broad SMARTS) is 1. The number of nitrogens with zero attached hydrogens (tertiary/aromatic N) is 1. The molecule has 1 saturated heterocycles. The molecule has 1 aromatic carbocycles. The van der Waals surface area contributed by atoms with Crippen molar-refractivity contribution in [2.45, 2.75) is 25.8 Å². The third-order valence-corrected chi connectivity index (χ3v) is 4.07. The fourth-order valence-corrected chi connectivity index (χ4v) is 2.66. The lowest BCUT2D eigenvalue weighted by molar-refractivity contribution is -0.143. The maximum atomic E-state index is 12.4. The molecule has 0 aromatic heterocycles. The number of nitrogens with two attached hydrogens (primary N) is 1. The van der Waals surface area contributed by atoms with Gasteiger partial charge in [0.05, 0.1) is 16.6 Å². The van der Waals surface area contributed by atoms with Crippen LogP contribution in [0, 0.1) is 5.92 Å². The topological polar surface area (TPSA) is 83.6 Å². The molecule has 2 unspecified atom stereocenters. The number of carbonyl (C=O) groups excluding carboxylic acids is 1. The summed E-state index contributed by atoms with van der Waals surface area (Å²) in [5, 5.41) is 9.45. The minimum absolute atomic E-state index is 0.103. The molecule has 0 aliphatic carbocycles.